The van der Waals surface area contributed by atoms with Crippen molar-refractivity contribution in [1.29, 1.82) is 0 Å². The summed E-state index contributed by atoms with van der Waals surface area (Å²) in [6.45, 7) is 2.06. The molecule has 0 saturated heterocycles. The molecular formula is C12H15NO2. The van der Waals surface area contributed by atoms with Crippen molar-refractivity contribution in [2.24, 2.45) is 5.73 Å². The Morgan fingerprint density at radius 2 is 2.27 bits per heavy atom. The predicted molar refractivity (Wildman–Crippen MR) is 57.8 cm³/mol. The van der Waals surface area contributed by atoms with E-state index >= 15 is 0 Å². The lowest BCUT2D eigenvalue weighted by molar-refractivity contribution is -0.143. The Morgan fingerprint density at radius 3 is 2.93 bits per heavy atom. The zero-order valence-corrected chi connectivity index (χ0v) is 8.79. The van der Waals surface area contributed by atoms with Gasteiger partial charge in [0.25, 0.3) is 0 Å². The number of carbonyl (C=O) groups is 1. The first-order chi connectivity index (χ1) is 7.03. The van der Waals surface area contributed by atoms with Gasteiger partial charge in [0.05, 0.1) is 0 Å². The van der Waals surface area contributed by atoms with E-state index in [0.29, 0.717) is 12.8 Å². The van der Waals surface area contributed by atoms with Gasteiger partial charge in [0.1, 0.15) is 5.54 Å². The zero-order valence-electron chi connectivity index (χ0n) is 8.79. The van der Waals surface area contributed by atoms with Crippen LogP contribution in [-0.4, -0.2) is 16.6 Å². The molecule has 1 aliphatic rings. The largest absolute Gasteiger partial charge is 0.480 e. The van der Waals surface area contributed by atoms with Crippen molar-refractivity contribution in [3.8, 4) is 0 Å². The van der Waals surface area contributed by atoms with Crippen molar-refractivity contribution in [1.82, 2.24) is 0 Å². The molecule has 0 amide bonds. The molecule has 0 spiro atoms. The Bertz CT molecular complexity index is 414. The molecule has 0 fully saturated rings. The van der Waals surface area contributed by atoms with Crippen molar-refractivity contribution in [3.63, 3.8) is 0 Å². The fourth-order valence-corrected chi connectivity index (χ4v) is 2.25. The van der Waals surface area contributed by atoms with Gasteiger partial charge < -0.3 is 10.8 Å². The van der Waals surface area contributed by atoms with E-state index < -0.39 is 11.5 Å². The minimum Gasteiger partial charge on any atom is -0.480 e. The first-order valence-electron chi connectivity index (χ1n) is 5.12. The number of carboxylic acid groups (broad SMARTS) is 1. The lowest BCUT2D eigenvalue weighted by Gasteiger charge is -2.31. The van der Waals surface area contributed by atoms with Crippen LogP contribution in [0.2, 0.25) is 0 Å². The van der Waals surface area contributed by atoms with Gasteiger partial charge in [0, 0.05) is 6.42 Å². The highest BCUT2D eigenvalue weighted by Crippen LogP contribution is 2.29. The summed E-state index contributed by atoms with van der Waals surface area (Å²) in [4.78, 5) is 11.0. The maximum atomic E-state index is 11.0. The first-order valence-corrected chi connectivity index (χ1v) is 5.12. The Kier molecular flexibility index (Phi) is 2.27. The minimum absolute atomic E-state index is 0.444. The average Bonchev–Trinajstić information content (AvgIpc) is 2.17. The quantitative estimate of drug-likeness (QED) is 0.725. The van der Waals surface area contributed by atoms with Gasteiger partial charge in [-0.2, -0.15) is 0 Å². The molecule has 1 aromatic carbocycles. The van der Waals surface area contributed by atoms with E-state index in [-0.39, 0.29) is 0 Å². The monoisotopic (exact) mass is 205 g/mol. The number of aryl methyl sites for hydroxylation is 1. The second kappa shape index (κ2) is 3.35. The Labute approximate surface area is 88.9 Å². The van der Waals surface area contributed by atoms with Gasteiger partial charge in [-0.3, -0.25) is 4.79 Å². The van der Waals surface area contributed by atoms with E-state index in [4.69, 9.17) is 10.8 Å². The molecule has 3 heteroatoms. The van der Waals surface area contributed by atoms with Crippen LogP contribution in [0.3, 0.4) is 0 Å². The highest BCUT2D eigenvalue weighted by atomic mass is 16.4. The fraction of sp³-hybridized carbons (Fsp3) is 0.417. The summed E-state index contributed by atoms with van der Waals surface area (Å²) in [5.41, 5.74) is 8.40. The van der Waals surface area contributed by atoms with Crippen LogP contribution in [0.4, 0.5) is 0 Å². The van der Waals surface area contributed by atoms with Crippen molar-refractivity contribution >= 4 is 5.97 Å². The summed E-state index contributed by atoms with van der Waals surface area (Å²) in [6, 6.07) is 6.00. The molecule has 80 valence electrons. The number of hydrogen-bond acceptors (Lipinski definition) is 2. The summed E-state index contributed by atoms with van der Waals surface area (Å²) in [7, 11) is 0. The van der Waals surface area contributed by atoms with Crippen molar-refractivity contribution in [3.05, 3.63) is 34.9 Å². The van der Waals surface area contributed by atoms with Gasteiger partial charge >= 0.3 is 5.97 Å². The molecule has 1 aliphatic carbocycles. The third-order valence-corrected chi connectivity index (χ3v) is 3.26. The number of hydrogen-bond donors (Lipinski definition) is 2. The molecule has 0 heterocycles. The van der Waals surface area contributed by atoms with Crippen LogP contribution in [0, 0.1) is 6.92 Å². The van der Waals surface area contributed by atoms with Crippen LogP contribution in [-0.2, 0) is 17.6 Å². The Morgan fingerprint density at radius 1 is 1.53 bits per heavy atom. The van der Waals surface area contributed by atoms with E-state index in [9.17, 15) is 4.79 Å². The summed E-state index contributed by atoms with van der Waals surface area (Å²) in [5.74, 6) is -0.894. The molecule has 2 rings (SSSR count). The topological polar surface area (TPSA) is 63.3 Å². The number of nitrogens with two attached hydrogens (primary N) is 1. The Hall–Kier alpha value is -1.35. The molecule has 3 nitrogen and oxygen atoms in total. The lowest BCUT2D eigenvalue weighted by atomic mass is 9.77. The second-order valence-electron chi connectivity index (χ2n) is 4.35. The summed E-state index contributed by atoms with van der Waals surface area (Å²) in [6.07, 6.45) is 1.74. The SMILES string of the molecule is Cc1cccc2c1CCC(N)(C(=O)O)C2. The third kappa shape index (κ3) is 1.63. The molecular weight excluding hydrogens is 190 g/mol. The maximum Gasteiger partial charge on any atom is 0.324 e. The van der Waals surface area contributed by atoms with Crippen LogP contribution >= 0.6 is 0 Å². The minimum atomic E-state index is -1.07. The van der Waals surface area contributed by atoms with Gasteiger partial charge in [0.2, 0.25) is 0 Å². The smallest absolute Gasteiger partial charge is 0.324 e. The molecule has 0 aromatic heterocycles. The predicted octanol–water partition coefficient (Wildman–Crippen LogP) is 1.27. The van der Waals surface area contributed by atoms with E-state index in [1.165, 1.54) is 11.1 Å². The van der Waals surface area contributed by atoms with Gasteiger partial charge in [-0.05, 0) is 36.5 Å². The molecule has 1 unspecified atom stereocenters. The molecule has 0 aliphatic heterocycles. The first kappa shape index (κ1) is 10.2. The molecule has 3 N–H and O–H groups in total. The second-order valence-corrected chi connectivity index (χ2v) is 4.35. The number of benzene rings is 1. The van der Waals surface area contributed by atoms with Gasteiger partial charge in [0.15, 0.2) is 0 Å². The zero-order chi connectivity index (χ0) is 11.1. The molecule has 15 heavy (non-hydrogen) atoms. The number of aliphatic carboxylic acids is 1. The van der Waals surface area contributed by atoms with Crippen LogP contribution in [0.15, 0.2) is 18.2 Å². The average molecular weight is 205 g/mol. The van der Waals surface area contributed by atoms with Crippen LogP contribution in [0.5, 0.6) is 0 Å². The molecule has 1 atom stereocenters. The van der Waals surface area contributed by atoms with Crippen molar-refractivity contribution in [2.45, 2.75) is 31.7 Å². The van der Waals surface area contributed by atoms with Crippen LogP contribution in [0.1, 0.15) is 23.1 Å². The standard InChI is InChI=1S/C12H15NO2/c1-8-3-2-4-9-7-12(13,11(14)15)6-5-10(8)9/h2-4H,5-7,13H2,1H3,(H,14,15). The maximum absolute atomic E-state index is 11.0. The fourth-order valence-electron chi connectivity index (χ4n) is 2.25. The van der Waals surface area contributed by atoms with Crippen molar-refractivity contribution < 1.29 is 9.90 Å². The number of fused-ring (bicyclic) bond motifs is 1. The van der Waals surface area contributed by atoms with Crippen LogP contribution in [0.25, 0.3) is 0 Å². The van der Waals surface area contributed by atoms with E-state index in [1.807, 2.05) is 12.1 Å². The highest BCUT2D eigenvalue weighted by Gasteiger charge is 2.37. The normalized spacial score (nSPS) is 24.7. The number of carboxylic acids is 1. The molecule has 0 saturated carbocycles. The lowest BCUT2D eigenvalue weighted by Crippen LogP contribution is -2.52. The summed E-state index contributed by atoms with van der Waals surface area (Å²) < 4.78 is 0. The Balaban J connectivity index is 2.39. The summed E-state index contributed by atoms with van der Waals surface area (Å²) in [5, 5.41) is 9.07. The molecule has 0 radical (unpaired) electrons. The van der Waals surface area contributed by atoms with E-state index in [2.05, 4.69) is 13.0 Å². The van der Waals surface area contributed by atoms with Crippen molar-refractivity contribution in [2.75, 3.05) is 0 Å². The molecule has 1 aromatic rings. The number of rotatable bonds is 1. The van der Waals surface area contributed by atoms with E-state index in [1.54, 1.807) is 0 Å². The highest BCUT2D eigenvalue weighted by molar-refractivity contribution is 5.79. The van der Waals surface area contributed by atoms with Gasteiger partial charge in [-0.25, -0.2) is 0 Å². The van der Waals surface area contributed by atoms with Gasteiger partial charge in [-0.15, -0.1) is 0 Å². The summed E-state index contributed by atoms with van der Waals surface area (Å²) >= 11 is 0. The third-order valence-electron chi connectivity index (χ3n) is 3.26. The van der Waals surface area contributed by atoms with E-state index in [0.717, 1.165) is 12.0 Å². The van der Waals surface area contributed by atoms with Crippen LogP contribution < -0.4 is 5.73 Å². The van der Waals surface area contributed by atoms with Gasteiger partial charge in [-0.1, -0.05) is 18.2 Å². The molecule has 0 bridgehead atoms.